The summed E-state index contributed by atoms with van der Waals surface area (Å²) in [6.45, 7) is 2.52. The largest absolute Gasteiger partial charge is 0.391 e. The molecule has 0 saturated carbocycles. The third kappa shape index (κ3) is 4.69. The molecule has 1 aromatic carbocycles. The Bertz CT molecular complexity index is 789. The van der Waals surface area contributed by atoms with E-state index in [1.165, 1.54) is 5.56 Å². The fourth-order valence-electron chi connectivity index (χ4n) is 4.70. The number of aliphatic hydroxyl groups is 2. The molecule has 1 aliphatic heterocycles. The minimum atomic E-state index is -0.487. The van der Waals surface area contributed by atoms with Gasteiger partial charge in [-0.25, -0.2) is 0 Å². The van der Waals surface area contributed by atoms with Crippen LogP contribution < -0.4 is 0 Å². The van der Waals surface area contributed by atoms with Crippen molar-refractivity contribution < 1.29 is 10.2 Å². The maximum Gasteiger partial charge on any atom is 0.0965 e. The number of aromatic nitrogens is 1. The van der Waals surface area contributed by atoms with E-state index in [0.717, 1.165) is 55.1 Å². The molecule has 4 rings (SSSR count). The third-order valence-electron chi connectivity index (χ3n) is 6.11. The number of fused-ring (bicyclic) bond motifs is 1. The van der Waals surface area contributed by atoms with E-state index < -0.39 is 12.2 Å². The van der Waals surface area contributed by atoms with Gasteiger partial charge >= 0.3 is 0 Å². The van der Waals surface area contributed by atoms with Gasteiger partial charge in [0.15, 0.2) is 0 Å². The van der Waals surface area contributed by atoms with Gasteiger partial charge in [0.1, 0.15) is 0 Å². The Kier molecular flexibility index (Phi) is 7.35. The van der Waals surface area contributed by atoms with Crippen LogP contribution in [0.3, 0.4) is 0 Å². The first-order valence-electron chi connectivity index (χ1n) is 9.88. The van der Waals surface area contributed by atoms with E-state index in [9.17, 15) is 10.2 Å². The number of pyridine rings is 1. The lowest BCUT2D eigenvalue weighted by molar-refractivity contribution is 0.0374. The van der Waals surface area contributed by atoms with Crippen molar-refractivity contribution >= 4 is 24.0 Å². The van der Waals surface area contributed by atoms with Gasteiger partial charge in [0.2, 0.25) is 0 Å². The van der Waals surface area contributed by atoms with Crippen molar-refractivity contribution in [3.05, 3.63) is 64.4 Å². The van der Waals surface area contributed by atoms with Crippen LogP contribution in [0, 0.1) is 5.92 Å². The zero-order valence-corrected chi connectivity index (χ0v) is 17.4. The summed E-state index contributed by atoms with van der Waals surface area (Å²) in [6.07, 6.45) is 4.53. The maximum absolute atomic E-state index is 10.7. The lowest BCUT2D eigenvalue weighted by atomic mass is 9.86. The molecule has 6 heteroatoms. The molecule has 4 nitrogen and oxygen atoms in total. The van der Waals surface area contributed by atoms with Crippen molar-refractivity contribution in [1.82, 2.24) is 9.88 Å². The van der Waals surface area contributed by atoms with Crippen LogP contribution in [0.15, 0.2) is 42.6 Å². The van der Waals surface area contributed by atoms with Crippen LogP contribution in [-0.2, 0) is 6.42 Å². The van der Waals surface area contributed by atoms with E-state index in [-0.39, 0.29) is 18.3 Å². The van der Waals surface area contributed by atoms with E-state index in [2.05, 4.69) is 16.0 Å². The highest BCUT2D eigenvalue weighted by Crippen LogP contribution is 2.35. The van der Waals surface area contributed by atoms with Crippen LogP contribution in [0.4, 0.5) is 0 Å². The monoisotopic (exact) mass is 422 g/mol. The molecular formula is C22H28Cl2N2O2. The minimum absolute atomic E-state index is 0. The van der Waals surface area contributed by atoms with Gasteiger partial charge in [-0.1, -0.05) is 35.9 Å². The number of hydrogen-bond donors (Lipinski definition) is 2. The number of benzene rings is 1. The fraction of sp³-hybridized carbons (Fsp3) is 0.500. The molecule has 2 N–H and O–H groups in total. The molecule has 28 heavy (non-hydrogen) atoms. The van der Waals surface area contributed by atoms with Crippen molar-refractivity contribution in [2.75, 3.05) is 19.6 Å². The van der Waals surface area contributed by atoms with Crippen LogP contribution in [-0.4, -0.2) is 45.8 Å². The Hall–Kier alpha value is -1.17. The number of piperidine rings is 1. The van der Waals surface area contributed by atoms with Gasteiger partial charge < -0.3 is 15.1 Å². The summed E-state index contributed by atoms with van der Waals surface area (Å²) in [5, 5.41) is 22.0. The highest BCUT2D eigenvalue weighted by molar-refractivity contribution is 6.31. The standard InChI is InChI=1S/C22H27ClN2O2.ClH/c23-19-6-2-1-5-17(19)18-9-11-25(14-21(18)27)13-15-7-8-16-4-3-10-24-22(16)20(26)12-15;/h1-6,10,15,18,20-21,26-27H,7-9,11-14H2;1H/t15-,18-,20+,21+;/m1./s1. The summed E-state index contributed by atoms with van der Waals surface area (Å²) in [6, 6.07) is 11.9. The molecule has 0 unspecified atom stereocenters. The molecule has 0 amide bonds. The Balaban J connectivity index is 0.00000225. The van der Waals surface area contributed by atoms with Crippen molar-refractivity contribution in [3.8, 4) is 0 Å². The maximum atomic E-state index is 10.7. The Morgan fingerprint density at radius 3 is 2.71 bits per heavy atom. The van der Waals surface area contributed by atoms with Gasteiger partial charge in [0.05, 0.1) is 17.9 Å². The Morgan fingerprint density at radius 1 is 1.11 bits per heavy atom. The molecule has 2 aromatic rings. The van der Waals surface area contributed by atoms with Crippen LogP contribution in [0.25, 0.3) is 0 Å². The Labute approximate surface area is 178 Å². The molecule has 152 valence electrons. The molecule has 1 saturated heterocycles. The van der Waals surface area contributed by atoms with Gasteiger partial charge in [-0.05, 0) is 61.4 Å². The predicted molar refractivity (Wildman–Crippen MR) is 114 cm³/mol. The Morgan fingerprint density at radius 2 is 1.93 bits per heavy atom. The molecular weight excluding hydrogens is 395 g/mol. The zero-order chi connectivity index (χ0) is 18.8. The molecule has 0 bridgehead atoms. The number of nitrogens with zero attached hydrogens (tertiary/aromatic N) is 2. The van der Waals surface area contributed by atoms with E-state index in [0.29, 0.717) is 12.5 Å². The first-order chi connectivity index (χ1) is 13.1. The number of aryl methyl sites for hydroxylation is 1. The normalized spacial score (nSPS) is 28.1. The number of halogens is 2. The summed E-state index contributed by atoms with van der Waals surface area (Å²) in [5.74, 6) is 0.515. The zero-order valence-electron chi connectivity index (χ0n) is 15.9. The fourth-order valence-corrected chi connectivity index (χ4v) is 4.98. The molecule has 0 radical (unpaired) electrons. The molecule has 1 aromatic heterocycles. The second kappa shape index (κ2) is 9.55. The highest BCUT2D eigenvalue weighted by atomic mass is 35.5. The molecule has 2 aliphatic rings. The first-order valence-corrected chi connectivity index (χ1v) is 10.3. The topological polar surface area (TPSA) is 56.6 Å². The van der Waals surface area contributed by atoms with E-state index in [1.54, 1.807) is 6.20 Å². The van der Waals surface area contributed by atoms with Gasteiger partial charge in [-0.2, -0.15) is 0 Å². The number of hydrogen-bond acceptors (Lipinski definition) is 4. The third-order valence-corrected chi connectivity index (χ3v) is 6.45. The van der Waals surface area contributed by atoms with Crippen LogP contribution >= 0.6 is 24.0 Å². The number of β-amino-alcohol motifs (C(OH)–C–C–N with tert-alkyl or cyclic N) is 1. The van der Waals surface area contributed by atoms with E-state index in [4.69, 9.17) is 11.6 Å². The lowest BCUT2D eigenvalue weighted by Gasteiger charge is -2.38. The summed E-state index contributed by atoms with van der Waals surface area (Å²) in [5.41, 5.74) is 3.07. The van der Waals surface area contributed by atoms with Crippen molar-refractivity contribution in [1.29, 1.82) is 0 Å². The second-order valence-corrected chi connectivity index (χ2v) is 8.35. The number of aliphatic hydroxyl groups excluding tert-OH is 2. The van der Waals surface area contributed by atoms with E-state index in [1.807, 2.05) is 30.3 Å². The summed E-state index contributed by atoms with van der Waals surface area (Å²) in [7, 11) is 0. The molecule has 4 atom stereocenters. The predicted octanol–water partition coefficient (Wildman–Crippen LogP) is 3.99. The van der Waals surface area contributed by atoms with Crippen LogP contribution in [0.2, 0.25) is 5.02 Å². The number of rotatable bonds is 3. The average Bonchev–Trinajstić information content (AvgIpc) is 2.82. The SMILES string of the molecule is Cl.O[C@H]1C[C@H](CN2CC[C@H](c3ccccc3Cl)[C@@H](O)C2)CCc2cccnc21. The quantitative estimate of drug-likeness (QED) is 0.733. The van der Waals surface area contributed by atoms with E-state index >= 15 is 0 Å². The van der Waals surface area contributed by atoms with Crippen molar-refractivity contribution in [2.45, 2.75) is 43.8 Å². The van der Waals surface area contributed by atoms with Gasteiger partial charge in [-0.3, -0.25) is 4.98 Å². The smallest absolute Gasteiger partial charge is 0.0965 e. The molecule has 1 aliphatic carbocycles. The summed E-state index contributed by atoms with van der Waals surface area (Å²) in [4.78, 5) is 6.74. The molecule has 2 heterocycles. The minimum Gasteiger partial charge on any atom is -0.391 e. The first kappa shape index (κ1) is 21.5. The summed E-state index contributed by atoms with van der Waals surface area (Å²) >= 11 is 6.33. The van der Waals surface area contributed by atoms with Gasteiger partial charge in [0.25, 0.3) is 0 Å². The second-order valence-electron chi connectivity index (χ2n) is 7.95. The summed E-state index contributed by atoms with van der Waals surface area (Å²) < 4.78 is 0. The average molecular weight is 423 g/mol. The lowest BCUT2D eigenvalue weighted by Crippen LogP contribution is -2.44. The highest BCUT2D eigenvalue weighted by Gasteiger charge is 2.32. The molecule has 0 spiro atoms. The number of likely N-dealkylation sites (tertiary alicyclic amines) is 1. The van der Waals surface area contributed by atoms with Crippen molar-refractivity contribution in [3.63, 3.8) is 0 Å². The van der Waals surface area contributed by atoms with Crippen LogP contribution in [0.1, 0.15) is 48.1 Å². The van der Waals surface area contributed by atoms with Gasteiger partial charge in [0, 0.05) is 30.2 Å². The van der Waals surface area contributed by atoms with Crippen molar-refractivity contribution in [2.24, 2.45) is 5.92 Å². The van der Waals surface area contributed by atoms with Crippen LogP contribution in [0.5, 0.6) is 0 Å². The van der Waals surface area contributed by atoms with Gasteiger partial charge in [-0.15, -0.1) is 12.4 Å². The molecule has 1 fully saturated rings.